The van der Waals surface area contributed by atoms with E-state index in [2.05, 4.69) is 9.97 Å². The Kier molecular flexibility index (Phi) is 7.54. The molecule has 0 bridgehead atoms. The van der Waals surface area contributed by atoms with Gasteiger partial charge in [-0.05, 0) is 85.6 Å². The highest BCUT2D eigenvalue weighted by Crippen LogP contribution is 2.38. The van der Waals surface area contributed by atoms with Gasteiger partial charge >= 0.3 is 11.6 Å². The van der Waals surface area contributed by atoms with Crippen molar-refractivity contribution < 1.29 is 28.0 Å². The van der Waals surface area contributed by atoms with Gasteiger partial charge in [0.25, 0.3) is 0 Å². The number of halogens is 2. The van der Waals surface area contributed by atoms with E-state index in [0.717, 1.165) is 0 Å². The van der Waals surface area contributed by atoms with Crippen molar-refractivity contribution in [1.29, 1.82) is 0 Å². The first-order chi connectivity index (χ1) is 19.3. The molecule has 0 N–H and O–H groups in total. The lowest BCUT2D eigenvalue weighted by Gasteiger charge is -2.31. The van der Waals surface area contributed by atoms with Crippen molar-refractivity contribution in [3.63, 3.8) is 0 Å². The molecule has 0 radical (unpaired) electrons. The number of benzene rings is 3. The fourth-order valence-corrected chi connectivity index (χ4v) is 4.58. The second kappa shape index (κ2) is 11.4. The maximum Gasteiger partial charge on any atom is 0.373 e. The highest BCUT2D eigenvalue weighted by molar-refractivity contribution is 6.09. The number of hydrogen-bond acceptors (Lipinski definition) is 8. The van der Waals surface area contributed by atoms with Gasteiger partial charge in [0.15, 0.2) is 11.6 Å². The minimum Gasteiger partial charge on any atom is -0.434 e. The van der Waals surface area contributed by atoms with Crippen LogP contribution in [0.5, 0.6) is 11.6 Å². The summed E-state index contributed by atoms with van der Waals surface area (Å²) in [6.07, 6.45) is 2.05. The molecule has 1 aromatic heterocycles. The minimum absolute atomic E-state index is 0.0748. The third kappa shape index (κ3) is 5.68. The van der Waals surface area contributed by atoms with Crippen LogP contribution in [0.2, 0.25) is 0 Å². The van der Waals surface area contributed by atoms with Gasteiger partial charge in [0.2, 0.25) is 5.82 Å². The number of aromatic nitrogens is 2. The Morgan fingerprint density at radius 3 is 1.90 bits per heavy atom. The molecule has 0 unspecified atom stereocenters. The number of ketones is 2. The van der Waals surface area contributed by atoms with E-state index in [-0.39, 0.29) is 34.9 Å². The maximum atomic E-state index is 13.2. The van der Waals surface area contributed by atoms with Crippen molar-refractivity contribution >= 4 is 23.1 Å². The van der Waals surface area contributed by atoms with E-state index in [1.54, 1.807) is 4.90 Å². The first kappa shape index (κ1) is 26.5. The zero-order valence-corrected chi connectivity index (χ0v) is 21.0. The maximum absolute atomic E-state index is 13.2. The summed E-state index contributed by atoms with van der Waals surface area (Å²) >= 11 is 0. The third-order valence-electron chi connectivity index (χ3n) is 6.68. The second-order valence-corrected chi connectivity index (χ2v) is 9.20. The summed E-state index contributed by atoms with van der Waals surface area (Å²) in [6, 6.07) is 16.5. The number of nitro groups is 1. The van der Waals surface area contributed by atoms with Crippen LogP contribution in [-0.4, -0.2) is 39.5 Å². The molecule has 0 atom stereocenters. The molecule has 9 nitrogen and oxygen atoms in total. The Balaban J connectivity index is 1.30. The summed E-state index contributed by atoms with van der Waals surface area (Å²) in [5, 5.41) is 12.0. The summed E-state index contributed by atoms with van der Waals surface area (Å²) < 4.78 is 32.1. The van der Waals surface area contributed by atoms with Gasteiger partial charge in [-0.2, -0.15) is 4.98 Å². The number of carbonyl (C=O) groups excluding carboxylic acids is 2. The lowest BCUT2D eigenvalue weighted by molar-refractivity contribution is -0.385. The Labute approximate surface area is 227 Å². The van der Waals surface area contributed by atoms with E-state index in [1.165, 1.54) is 79.1 Å². The van der Waals surface area contributed by atoms with E-state index in [4.69, 9.17) is 4.74 Å². The number of anilines is 1. The molecule has 0 saturated carbocycles. The number of carbonyl (C=O) groups is 2. The minimum atomic E-state index is -0.618. The molecule has 1 aliphatic heterocycles. The van der Waals surface area contributed by atoms with Gasteiger partial charge < -0.3 is 9.64 Å². The molecule has 0 amide bonds. The summed E-state index contributed by atoms with van der Waals surface area (Å²) in [7, 11) is 0. The molecule has 1 aliphatic rings. The number of nitrogens with zero attached hydrogens (tertiary/aromatic N) is 4. The number of rotatable bonds is 8. The summed E-state index contributed by atoms with van der Waals surface area (Å²) in [5.74, 6) is -1.56. The molecule has 5 rings (SSSR count). The van der Waals surface area contributed by atoms with E-state index >= 15 is 0 Å². The SMILES string of the molecule is O=C(c1ccc(F)cc1)c1ccc(Oc2ncnc(N3CCC(C(=O)c4ccc(F)cc4)CC3)c2[N+](=O)[O-])cc1. The highest BCUT2D eigenvalue weighted by Gasteiger charge is 2.33. The Bertz CT molecular complexity index is 1550. The van der Waals surface area contributed by atoms with Crippen molar-refractivity contribution in [3.8, 4) is 11.6 Å². The number of ether oxygens (including phenoxy) is 1. The van der Waals surface area contributed by atoms with Crippen LogP contribution >= 0.6 is 0 Å². The topological polar surface area (TPSA) is 116 Å². The predicted octanol–water partition coefficient (Wildman–Crippen LogP) is 5.79. The monoisotopic (exact) mass is 544 g/mol. The second-order valence-electron chi connectivity index (χ2n) is 9.20. The fourth-order valence-electron chi connectivity index (χ4n) is 4.58. The normalized spacial score (nSPS) is 13.6. The lowest BCUT2D eigenvalue weighted by Crippen LogP contribution is -2.37. The van der Waals surface area contributed by atoms with Gasteiger partial charge in [-0.1, -0.05) is 0 Å². The highest BCUT2D eigenvalue weighted by atomic mass is 19.1. The van der Waals surface area contributed by atoms with Crippen molar-refractivity contribution in [2.75, 3.05) is 18.0 Å². The zero-order chi connectivity index (χ0) is 28.2. The van der Waals surface area contributed by atoms with E-state index in [9.17, 15) is 28.5 Å². The molecule has 4 aromatic rings. The average molecular weight is 545 g/mol. The van der Waals surface area contributed by atoms with Crippen molar-refractivity contribution in [3.05, 3.63) is 118 Å². The van der Waals surface area contributed by atoms with E-state index in [1.807, 2.05) is 0 Å². The number of hydrogen-bond donors (Lipinski definition) is 0. The molecule has 202 valence electrons. The molecule has 1 saturated heterocycles. The van der Waals surface area contributed by atoms with Gasteiger partial charge in [-0.15, -0.1) is 0 Å². The molecule has 0 aliphatic carbocycles. The van der Waals surface area contributed by atoms with Gasteiger partial charge in [0, 0.05) is 35.7 Å². The molecule has 40 heavy (non-hydrogen) atoms. The quantitative estimate of drug-likeness (QED) is 0.156. The standard InChI is InChI=1S/C29H22F2N4O5/c30-22-7-1-18(2-8-22)26(36)20-5-11-24(12-6-20)40-29-25(35(38)39)28(32-17-33-29)34-15-13-21(14-16-34)27(37)19-3-9-23(31)10-4-19/h1-12,17,21H,13-16H2. The van der Waals surface area contributed by atoms with Crippen LogP contribution in [0.1, 0.15) is 39.1 Å². The van der Waals surface area contributed by atoms with Gasteiger partial charge in [0.1, 0.15) is 23.7 Å². The largest absolute Gasteiger partial charge is 0.434 e. The first-order valence-corrected chi connectivity index (χ1v) is 12.4. The molecule has 2 heterocycles. The Hall–Kier alpha value is -5.06. The molecule has 3 aromatic carbocycles. The fraction of sp³-hybridized carbons (Fsp3) is 0.172. The van der Waals surface area contributed by atoms with Crippen LogP contribution in [0, 0.1) is 27.7 Å². The Morgan fingerprint density at radius 2 is 1.35 bits per heavy atom. The zero-order valence-electron chi connectivity index (χ0n) is 21.0. The average Bonchev–Trinajstić information content (AvgIpc) is 2.97. The van der Waals surface area contributed by atoms with E-state index < -0.39 is 22.2 Å². The van der Waals surface area contributed by atoms with Crippen LogP contribution in [0.3, 0.4) is 0 Å². The molecule has 11 heteroatoms. The van der Waals surface area contributed by atoms with Crippen LogP contribution < -0.4 is 9.64 Å². The van der Waals surface area contributed by atoms with Crippen molar-refractivity contribution in [2.45, 2.75) is 12.8 Å². The van der Waals surface area contributed by atoms with Crippen molar-refractivity contribution in [1.82, 2.24) is 9.97 Å². The van der Waals surface area contributed by atoms with Crippen LogP contribution in [-0.2, 0) is 0 Å². The molecular weight excluding hydrogens is 522 g/mol. The molecule has 1 fully saturated rings. The summed E-state index contributed by atoms with van der Waals surface area (Å²) in [5.41, 5.74) is 0.649. The third-order valence-corrected chi connectivity index (χ3v) is 6.68. The Morgan fingerprint density at radius 1 is 0.825 bits per heavy atom. The predicted molar refractivity (Wildman–Crippen MR) is 141 cm³/mol. The van der Waals surface area contributed by atoms with Gasteiger partial charge in [0.05, 0.1) is 4.92 Å². The number of Topliss-reactive ketones (excluding diaryl/α,β-unsaturated/α-hetero) is 1. The number of piperidine rings is 1. The van der Waals surface area contributed by atoms with E-state index in [0.29, 0.717) is 42.6 Å². The van der Waals surface area contributed by atoms with Crippen LogP contribution in [0.25, 0.3) is 0 Å². The van der Waals surface area contributed by atoms with Crippen LogP contribution in [0.15, 0.2) is 79.1 Å². The summed E-state index contributed by atoms with van der Waals surface area (Å²) in [4.78, 5) is 46.7. The van der Waals surface area contributed by atoms with Crippen molar-refractivity contribution in [2.24, 2.45) is 5.92 Å². The van der Waals surface area contributed by atoms with Gasteiger partial charge in [-0.3, -0.25) is 19.7 Å². The molecular formula is C29H22F2N4O5. The van der Waals surface area contributed by atoms with Gasteiger partial charge in [-0.25, -0.2) is 13.8 Å². The summed E-state index contributed by atoms with van der Waals surface area (Å²) in [6.45, 7) is 0.685. The van der Waals surface area contributed by atoms with Crippen LogP contribution in [0.4, 0.5) is 20.3 Å². The first-order valence-electron chi connectivity index (χ1n) is 12.4. The smallest absolute Gasteiger partial charge is 0.373 e. The lowest BCUT2D eigenvalue weighted by atomic mass is 9.89. The molecule has 0 spiro atoms.